The Morgan fingerprint density at radius 3 is 2.42 bits per heavy atom. The van der Waals surface area contributed by atoms with E-state index in [9.17, 15) is 14.4 Å². The monoisotopic (exact) mass is 272 g/mol. The lowest BCUT2D eigenvalue weighted by atomic mass is 10.0. The molecule has 1 N–H and O–H groups in total. The van der Waals surface area contributed by atoms with Gasteiger partial charge in [0.1, 0.15) is 5.54 Å². The van der Waals surface area contributed by atoms with Gasteiger partial charge in [-0.05, 0) is 20.3 Å². The van der Waals surface area contributed by atoms with Crippen LogP contribution in [0.5, 0.6) is 0 Å². The Balaban J connectivity index is 2.70. The highest BCUT2D eigenvalue weighted by Gasteiger charge is 2.40. The number of hydrogen-bond donors (Lipinski definition) is 1. The van der Waals surface area contributed by atoms with E-state index in [0.717, 1.165) is 0 Å². The Hall–Kier alpha value is -1.79. The van der Waals surface area contributed by atoms with E-state index in [1.54, 1.807) is 0 Å². The van der Waals surface area contributed by atoms with Crippen LogP contribution in [0.4, 0.5) is 4.79 Å². The van der Waals surface area contributed by atoms with E-state index in [1.807, 2.05) is 0 Å². The molecule has 0 radical (unpaired) electrons. The summed E-state index contributed by atoms with van der Waals surface area (Å²) in [4.78, 5) is 37.3. The van der Waals surface area contributed by atoms with Crippen molar-refractivity contribution in [3.8, 4) is 0 Å². The molecule has 1 saturated heterocycles. The molecule has 1 atom stereocenters. The molecule has 7 heteroatoms. The van der Waals surface area contributed by atoms with Crippen LogP contribution in [0.1, 0.15) is 20.3 Å². The van der Waals surface area contributed by atoms with Crippen LogP contribution >= 0.6 is 0 Å². The van der Waals surface area contributed by atoms with E-state index in [1.165, 1.54) is 37.8 Å². The first kappa shape index (κ1) is 15.3. The van der Waals surface area contributed by atoms with Gasteiger partial charge in [0.05, 0.1) is 13.0 Å². The quantitative estimate of drug-likeness (QED) is 0.751. The molecule has 1 aliphatic rings. The lowest BCUT2D eigenvalue weighted by molar-refractivity contribution is -0.147. The minimum atomic E-state index is -1.29. The van der Waals surface area contributed by atoms with Crippen LogP contribution in [0.2, 0.25) is 0 Å². The van der Waals surface area contributed by atoms with Gasteiger partial charge in [-0.1, -0.05) is 0 Å². The number of methoxy groups -OCH3 is 1. The van der Waals surface area contributed by atoms with Gasteiger partial charge in [-0.15, -0.1) is 0 Å². The second kappa shape index (κ2) is 5.46. The van der Waals surface area contributed by atoms with Gasteiger partial charge in [-0.25, -0.2) is 9.59 Å². The van der Waals surface area contributed by atoms with Gasteiger partial charge in [0.2, 0.25) is 0 Å². The van der Waals surface area contributed by atoms with Crippen LogP contribution in [-0.2, 0) is 14.3 Å². The molecule has 0 aromatic heterocycles. The van der Waals surface area contributed by atoms with Gasteiger partial charge >= 0.3 is 18.0 Å². The van der Waals surface area contributed by atoms with Crippen molar-refractivity contribution in [1.82, 2.24) is 9.80 Å². The minimum absolute atomic E-state index is 0.269. The van der Waals surface area contributed by atoms with Crippen LogP contribution < -0.4 is 0 Å². The third kappa shape index (κ3) is 2.97. The summed E-state index contributed by atoms with van der Waals surface area (Å²) in [5, 5.41) is 9.10. The molecule has 0 saturated carbocycles. The SMILES string of the molecule is COC(=O)C1CCN(C(=O)N(C)C(C)(C)C(=O)O)C1. The van der Waals surface area contributed by atoms with Gasteiger partial charge in [0.15, 0.2) is 0 Å². The average Bonchev–Trinajstić information content (AvgIpc) is 2.85. The highest BCUT2D eigenvalue weighted by molar-refractivity contribution is 5.86. The largest absolute Gasteiger partial charge is 0.480 e. The van der Waals surface area contributed by atoms with E-state index in [4.69, 9.17) is 5.11 Å². The summed E-state index contributed by atoms with van der Waals surface area (Å²) in [5.74, 6) is -1.74. The van der Waals surface area contributed by atoms with Crippen LogP contribution in [0.25, 0.3) is 0 Å². The van der Waals surface area contributed by atoms with Gasteiger partial charge in [-0.3, -0.25) is 4.79 Å². The Morgan fingerprint density at radius 2 is 1.95 bits per heavy atom. The summed E-state index contributed by atoms with van der Waals surface area (Å²) >= 11 is 0. The number of ether oxygens (including phenoxy) is 1. The fourth-order valence-corrected chi connectivity index (χ4v) is 1.89. The standard InChI is InChI=1S/C12H20N2O5/c1-12(2,10(16)17)13(3)11(18)14-6-5-8(7-14)9(15)19-4/h8H,5-7H2,1-4H3,(H,16,17). The van der Waals surface area contributed by atoms with Crippen LogP contribution in [0.3, 0.4) is 0 Å². The first-order valence-corrected chi connectivity index (χ1v) is 6.05. The number of esters is 1. The molecular formula is C12H20N2O5. The first-order chi connectivity index (χ1) is 8.71. The second-order valence-electron chi connectivity index (χ2n) is 5.16. The molecule has 108 valence electrons. The maximum absolute atomic E-state index is 12.2. The topological polar surface area (TPSA) is 87.2 Å². The van der Waals surface area contributed by atoms with E-state index in [2.05, 4.69) is 4.74 Å². The van der Waals surface area contributed by atoms with E-state index in [-0.39, 0.29) is 24.5 Å². The summed E-state index contributed by atoms with van der Waals surface area (Å²) in [7, 11) is 2.76. The fraction of sp³-hybridized carbons (Fsp3) is 0.750. The number of aliphatic carboxylic acids is 1. The number of likely N-dealkylation sites (N-methyl/N-ethyl adjacent to an activating group) is 1. The number of nitrogens with zero attached hydrogens (tertiary/aromatic N) is 2. The number of amides is 2. The summed E-state index contributed by atoms with van der Waals surface area (Å²) in [6.45, 7) is 3.62. The van der Waals surface area contributed by atoms with Crippen molar-refractivity contribution < 1.29 is 24.2 Å². The Labute approximate surface area is 112 Å². The number of carbonyl (C=O) groups is 3. The predicted octanol–water partition coefficient (Wildman–Crippen LogP) is 0.396. The molecule has 2 amide bonds. The minimum Gasteiger partial charge on any atom is -0.480 e. The smallest absolute Gasteiger partial charge is 0.329 e. The van der Waals surface area contributed by atoms with Crippen LogP contribution in [0, 0.1) is 5.92 Å². The lowest BCUT2D eigenvalue weighted by Crippen LogP contribution is -2.54. The second-order valence-corrected chi connectivity index (χ2v) is 5.16. The highest BCUT2D eigenvalue weighted by Crippen LogP contribution is 2.21. The molecule has 0 aliphatic carbocycles. The van der Waals surface area contributed by atoms with Crippen molar-refractivity contribution in [1.29, 1.82) is 0 Å². The molecule has 0 aromatic rings. The van der Waals surface area contributed by atoms with Crippen molar-refractivity contribution in [2.45, 2.75) is 25.8 Å². The molecule has 1 rings (SSSR count). The summed E-state index contributed by atoms with van der Waals surface area (Å²) in [5.41, 5.74) is -1.29. The van der Waals surface area contributed by atoms with Crippen LogP contribution in [-0.4, -0.2) is 65.7 Å². The maximum Gasteiger partial charge on any atom is 0.329 e. The average molecular weight is 272 g/mol. The van der Waals surface area contributed by atoms with Gasteiger partial charge < -0.3 is 19.6 Å². The normalized spacial score (nSPS) is 19.2. The molecule has 1 heterocycles. The number of likely N-dealkylation sites (tertiary alicyclic amines) is 1. The maximum atomic E-state index is 12.2. The Bertz CT molecular complexity index is 394. The molecule has 19 heavy (non-hydrogen) atoms. The number of carbonyl (C=O) groups excluding carboxylic acids is 2. The van der Waals surface area contributed by atoms with Gasteiger partial charge in [-0.2, -0.15) is 0 Å². The number of carboxylic acids is 1. The zero-order chi connectivity index (χ0) is 14.8. The number of urea groups is 1. The molecule has 1 unspecified atom stereocenters. The Kier molecular flexibility index (Phi) is 4.39. The number of carboxylic acid groups (broad SMARTS) is 1. The van der Waals surface area contributed by atoms with E-state index >= 15 is 0 Å². The Morgan fingerprint density at radius 1 is 1.37 bits per heavy atom. The first-order valence-electron chi connectivity index (χ1n) is 6.05. The summed E-state index contributed by atoms with van der Waals surface area (Å²) in [6, 6.07) is -0.390. The summed E-state index contributed by atoms with van der Waals surface area (Å²) in [6.07, 6.45) is 0.541. The summed E-state index contributed by atoms with van der Waals surface area (Å²) < 4.78 is 4.64. The molecular weight excluding hydrogens is 252 g/mol. The molecule has 1 fully saturated rings. The van der Waals surface area contributed by atoms with Gasteiger partial charge in [0, 0.05) is 20.1 Å². The molecule has 1 aliphatic heterocycles. The van der Waals surface area contributed by atoms with Gasteiger partial charge in [0.25, 0.3) is 0 Å². The van der Waals surface area contributed by atoms with Crippen molar-refractivity contribution in [3.63, 3.8) is 0 Å². The number of hydrogen-bond acceptors (Lipinski definition) is 4. The van der Waals surface area contributed by atoms with Crippen molar-refractivity contribution in [2.24, 2.45) is 5.92 Å². The zero-order valence-electron chi connectivity index (χ0n) is 11.7. The molecule has 7 nitrogen and oxygen atoms in total. The van der Waals surface area contributed by atoms with Crippen LogP contribution in [0.15, 0.2) is 0 Å². The van der Waals surface area contributed by atoms with E-state index in [0.29, 0.717) is 13.0 Å². The third-order valence-electron chi connectivity index (χ3n) is 3.64. The third-order valence-corrected chi connectivity index (χ3v) is 3.64. The number of rotatable bonds is 3. The lowest BCUT2D eigenvalue weighted by Gasteiger charge is -2.34. The highest BCUT2D eigenvalue weighted by atomic mass is 16.5. The molecule has 0 spiro atoms. The predicted molar refractivity (Wildman–Crippen MR) is 66.6 cm³/mol. The van der Waals surface area contributed by atoms with Crippen molar-refractivity contribution in [2.75, 3.05) is 27.2 Å². The van der Waals surface area contributed by atoms with Crippen molar-refractivity contribution >= 4 is 18.0 Å². The molecule has 0 bridgehead atoms. The van der Waals surface area contributed by atoms with Crippen molar-refractivity contribution in [3.05, 3.63) is 0 Å². The molecule has 0 aromatic carbocycles. The van der Waals surface area contributed by atoms with E-state index < -0.39 is 11.5 Å². The fourth-order valence-electron chi connectivity index (χ4n) is 1.89. The zero-order valence-corrected chi connectivity index (χ0v) is 11.7.